The highest BCUT2D eigenvalue weighted by Gasteiger charge is 2.36. The zero-order valence-electron chi connectivity index (χ0n) is 27.1. The summed E-state index contributed by atoms with van der Waals surface area (Å²) in [5.74, 6) is 0.846. The summed E-state index contributed by atoms with van der Waals surface area (Å²) < 4.78 is 73.3. The van der Waals surface area contributed by atoms with E-state index in [-0.39, 0.29) is 24.1 Å². The molecule has 0 bridgehead atoms. The van der Waals surface area contributed by atoms with Crippen molar-refractivity contribution >= 4 is 33.5 Å². The van der Waals surface area contributed by atoms with Gasteiger partial charge in [0.05, 0.1) is 24.7 Å². The molecule has 3 aromatic rings. The van der Waals surface area contributed by atoms with Gasteiger partial charge in [0, 0.05) is 44.3 Å². The summed E-state index contributed by atoms with van der Waals surface area (Å²) in [5, 5.41) is 15.6. The van der Waals surface area contributed by atoms with Crippen LogP contribution in [0.25, 0.3) is 11.1 Å². The Labute approximate surface area is 278 Å². The van der Waals surface area contributed by atoms with E-state index in [9.17, 15) is 31.5 Å². The molecule has 262 valence electrons. The number of urea groups is 1. The number of likely N-dealkylation sites (tertiary alicyclic amines) is 1. The number of hydrogen-bond acceptors (Lipinski definition) is 8. The lowest BCUT2D eigenvalue weighted by molar-refractivity contribution is -0.143. The minimum absolute atomic E-state index is 0.0420. The molecule has 2 amide bonds. The summed E-state index contributed by atoms with van der Waals surface area (Å²) in [7, 11) is -4.02. The molecule has 0 spiro atoms. The molecule has 2 fully saturated rings. The predicted molar refractivity (Wildman–Crippen MR) is 178 cm³/mol. The van der Waals surface area contributed by atoms with Gasteiger partial charge in [-0.15, -0.1) is 0 Å². The number of pyridine rings is 1. The molecule has 2 aliphatic heterocycles. The van der Waals surface area contributed by atoms with Crippen molar-refractivity contribution in [3.8, 4) is 11.1 Å². The van der Waals surface area contributed by atoms with Crippen LogP contribution in [0.15, 0.2) is 59.5 Å². The van der Waals surface area contributed by atoms with Gasteiger partial charge in [-0.05, 0) is 86.2 Å². The van der Waals surface area contributed by atoms with E-state index >= 15 is 0 Å². The summed E-state index contributed by atoms with van der Waals surface area (Å²) in [4.78, 5) is 21.1. The molecule has 1 aromatic heterocycles. The molecule has 5 rings (SSSR count). The second-order valence-corrected chi connectivity index (χ2v) is 13.5. The Morgan fingerprint density at radius 3 is 2.38 bits per heavy atom. The minimum Gasteiger partial charge on any atom is -0.394 e. The summed E-state index contributed by atoms with van der Waals surface area (Å²) in [6, 6.07) is 14.9. The van der Waals surface area contributed by atoms with Crippen LogP contribution in [0.4, 0.5) is 35.3 Å². The third-order valence-electron chi connectivity index (χ3n) is 8.03. The quantitative estimate of drug-likeness (QED) is 0.217. The lowest BCUT2D eigenvalue weighted by Gasteiger charge is -2.29. The van der Waals surface area contributed by atoms with Crippen molar-refractivity contribution < 1.29 is 40.8 Å². The van der Waals surface area contributed by atoms with E-state index in [0.29, 0.717) is 50.8 Å². The van der Waals surface area contributed by atoms with E-state index in [4.69, 9.17) is 14.3 Å². The van der Waals surface area contributed by atoms with Crippen molar-refractivity contribution in [1.82, 2.24) is 9.88 Å². The zero-order chi connectivity index (χ0) is 35.1. The summed E-state index contributed by atoms with van der Waals surface area (Å²) in [6.45, 7) is 8.69. The van der Waals surface area contributed by atoms with Crippen molar-refractivity contribution in [2.24, 2.45) is 5.92 Å². The average Bonchev–Trinajstić information content (AvgIpc) is 3.49. The number of aliphatic hydroxyl groups excluding tert-OH is 1. The number of aromatic nitrogens is 1. The second-order valence-electron chi connectivity index (χ2n) is 12.1. The molecule has 15 heteroatoms. The first kappa shape index (κ1) is 36.9. The van der Waals surface area contributed by atoms with Gasteiger partial charge in [0.15, 0.2) is 0 Å². The standard InChI is InChI=1S/C26H34F3N5O3.C7H8O3S/c1-17-3-4-21(31-25(36)34-6-5-19(15-34)14-26(27,28)29)13-22(17)20-11-23(30-18(2)16-35)32-24(12-20)33-7-9-37-10-8-33;1-6-2-4-7(5-3-6)11(8,9)10/h3-4,11-13,18-19,35H,5-10,14-16H2,1-2H3,(H,30,32)(H,31,36);2-5H,1H3,(H,8,9,10). The third-order valence-corrected chi connectivity index (χ3v) is 8.89. The first-order valence-corrected chi connectivity index (χ1v) is 17.1. The van der Waals surface area contributed by atoms with E-state index in [1.165, 1.54) is 17.0 Å². The number of nitrogens with one attached hydrogen (secondary N) is 2. The third kappa shape index (κ3) is 10.8. The van der Waals surface area contributed by atoms with Crippen LogP contribution in [0.3, 0.4) is 0 Å². The molecule has 2 saturated heterocycles. The molecule has 48 heavy (non-hydrogen) atoms. The first-order valence-electron chi connectivity index (χ1n) is 15.6. The number of aliphatic hydroxyl groups is 1. The fourth-order valence-electron chi connectivity index (χ4n) is 5.43. The van der Waals surface area contributed by atoms with E-state index in [1.54, 1.807) is 18.2 Å². The number of nitrogens with zero attached hydrogens (tertiary/aromatic N) is 3. The smallest absolute Gasteiger partial charge is 0.389 e. The highest BCUT2D eigenvalue weighted by Crippen LogP contribution is 2.33. The van der Waals surface area contributed by atoms with Gasteiger partial charge in [0.2, 0.25) is 0 Å². The fourth-order valence-corrected chi connectivity index (χ4v) is 5.91. The first-order chi connectivity index (χ1) is 22.6. The number of carbonyl (C=O) groups is 1. The van der Waals surface area contributed by atoms with Crippen LogP contribution in [0.2, 0.25) is 0 Å². The van der Waals surface area contributed by atoms with Crippen LogP contribution in [0, 0.1) is 19.8 Å². The summed E-state index contributed by atoms with van der Waals surface area (Å²) >= 11 is 0. The predicted octanol–water partition coefficient (Wildman–Crippen LogP) is 5.73. The van der Waals surface area contributed by atoms with Gasteiger partial charge in [-0.25, -0.2) is 9.78 Å². The van der Waals surface area contributed by atoms with Gasteiger partial charge in [-0.3, -0.25) is 4.55 Å². The maximum absolute atomic E-state index is 12.8. The van der Waals surface area contributed by atoms with Gasteiger partial charge < -0.3 is 30.3 Å². The van der Waals surface area contributed by atoms with Crippen LogP contribution in [-0.2, 0) is 14.9 Å². The molecule has 0 saturated carbocycles. The zero-order valence-corrected chi connectivity index (χ0v) is 27.9. The van der Waals surface area contributed by atoms with Crippen LogP contribution >= 0.6 is 0 Å². The van der Waals surface area contributed by atoms with E-state index < -0.39 is 34.7 Å². The number of morpholine rings is 1. The molecular formula is C33H42F3N5O6S. The lowest BCUT2D eigenvalue weighted by Crippen LogP contribution is -2.37. The maximum Gasteiger partial charge on any atom is 0.389 e. The highest BCUT2D eigenvalue weighted by atomic mass is 32.2. The van der Waals surface area contributed by atoms with Crippen molar-refractivity contribution in [3.63, 3.8) is 0 Å². The maximum atomic E-state index is 12.8. The number of ether oxygens (including phenoxy) is 1. The second kappa shape index (κ2) is 16.0. The van der Waals surface area contributed by atoms with E-state index in [1.807, 2.05) is 45.0 Å². The molecular weight excluding hydrogens is 651 g/mol. The number of alkyl halides is 3. The Kier molecular flexibility index (Phi) is 12.3. The Balaban J connectivity index is 0.000000401. The molecule has 4 N–H and O–H groups in total. The minimum atomic E-state index is -4.23. The number of aryl methyl sites for hydroxylation is 2. The van der Waals surface area contributed by atoms with Crippen LogP contribution in [0.5, 0.6) is 0 Å². The highest BCUT2D eigenvalue weighted by molar-refractivity contribution is 7.85. The van der Waals surface area contributed by atoms with Gasteiger partial charge >= 0.3 is 12.2 Å². The van der Waals surface area contributed by atoms with Crippen LogP contribution < -0.4 is 15.5 Å². The number of amides is 2. The normalized spacial score (nSPS) is 17.4. The van der Waals surface area contributed by atoms with Crippen molar-refractivity contribution in [1.29, 1.82) is 0 Å². The number of anilines is 3. The number of carbonyl (C=O) groups excluding carboxylic acids is 1. The molecule has 2 atom stereocenters. The molecule has 2 aliphatic rings. The van der Waals surface area contributed by atoms with Crippen molar-refractivity contribution in [2.45, 2.75) is 50.7 Å². The largest absolute Gasteiger partial charge is 0.394 e. The SMILES string of the molecule is Cc1ccc(NC(=O)N2CCC(CC(F)(F)F)C2)cc1-c1cc(NC(C)CO)nc(N2CCOCC2)c1.Cc1ccc(S(=O)(=O)O)cc1. The van der Waals surface area contributed by atoms with Gasteiger partial charge in [0.25, 0.3) is 10.1 Å². The van der Waals surface area contributed by atoms with Crippen LogP contribution in [0.1, 0.15) is 30.9 Å². The summed E-state index contributed by atoms with van der Waals surface area (Å²) in [5.41, 5.74) is 4.30. The van der Waals surface area contributed by atoms with Crippen molar-refractivity contribution in [2.75, 3.05) is 61.5 Å². The fraction of sp³-hybridized carbons (Fsp3) is 0.455. The Bertz CT molecular complexity index is 1650. The number of halogens is 3. The number of benzene rings is 2. The average molecular weight is 694 g/mol. The molecule has 11 nitrogen and oxygen atoms in total. The van der Waals surface area contributed by atoms with E-state index in [2.05, 4.69) is 15.5 Å². The molecule has 0 aliphatic carbocycles. The van der Waals surface area contributed by atoms with Gasteiger partial charge in [0.1, 0.15) is 11.6 Å². The van der Waals surface area contributed by atoms with Crippen LogP contribution in [-0.4, -0.2) is 92.2 Å². The number of hydrogen-bond donors (Lipinski definition) is 4. The number of rotatable bonds is 8. The lowest BCUT2D eigenvalue weighted by atomic mass is 10.00. The Hall–Kier alpha value is -3.92. The Morgan fingerprint density at radius 2 is 1.75 bits per heavy atom. The monoisotopic (exact) mass is 693 g/mol. The van der Waals surface area contributed by atoms with Gasteiger partial charge in [-0.1, -0.05) is 23.8 Å². The van der Waals surface area contributed by atoms with Crippen molar-refractivity contribution in [3.05, 3.63) is 65.7 Å². The molecule has 3 heterocycles. The van der Waals surface area contributed by atoms with E-state index in [0.717, 1.165) is 28.1 Å². The Morgan fingerprint density at radius 1 is 1.06 bits per heavy atom. The summed E-state index contributed by atoms with van der Waals surface area (Å²) in [6.07, 6.45) is -4.75. The van der Waals surface area contributed by atoms with Gasteiger partial charge in [-0.2, -0.15) is 21.6 Å². The molecule has 0 radical (unpaired) electrons. The molecule has 2 aromatic carbocycles. The topological polar surface area (TPSA) is 144 Å². The molecule has 2 unspecified atom stereocenters.